The van der Waals surface area contributed by atoms with E-state index in [1.54, 1.807) is 24.5 Å². The molecule has 3 aromatic heterocycles. The van der Waals surface area contributed by atoms with Crippen LogP contribution in [0.15, 0.2) is 54.9 Å². The highest BCUT2D eigenvalue weighted by Gasteiger charge is 2.22. The smallest absolute Gasteiger partial charge is 0.167 e. The summed E-state index contributed by atoms with van der Waals surface area (Å²) in [5.74, 6) is 1.10. The Bertz CT molecular complexity index is 1210. The van der Waals surface area contributed by atoms with Gasteiger partial charge in [-0.3, -0.25) is 9.55 Å². The molecule has 0 unspecified atom stereocenters. The van der Waals surface area contributed by atoms with E-state index in [4.69, 9.17) is 21.6 Å². The standard InChI is InChI=1S/C22H20ClFN6/c1-14-13-26-10-11-29(14)20-5-4-19-22(28-20)30(16-6-8-25-9-7-16)21(27-19)15-2-3-18(24)17(23)12-15/h2-9,12,14,26H,10-11,13H2,1H3/t14-/m1/s1. The predicted molar refractivity (Wildman–Crippen MR) is 117 cm³/mol. The molecule has 1 N–H and O–H groups in total. The molecule has 0 radical (unpaired) electrons. The Morgan fingerprint density at radius 3 is 2.70 bits per heavy atom. The number of imidazole rings is 1. The zero-order chi connectivity index (χ0) is 20.7. The van der Waals surface area contributed by atoms with Gasteiger partial charge in [-0.15, -0.1) is 0 Å². The van der Waals surface area contributed by atoms with Crippen molar-refractivity contribution in [3.63, 3.8) is 0 Å². The number of fused-ring (bicyclic) bond motifs is 1. The lowest BCUT2D eigenvalue weighted by atomic mass is 10.2. The number of rotatable bonds is 3. The van der Waals surface area contributed by atoms with Crippen molar-refractivity contribution in [2.45, 2.75) is 13.0 Å². The molecule has 4 aromatic rings. The van der Waals surface area contributed by atoms with Gasteiger partial charge in [-0.1, -0.05) is 11.6 Å². The van der Waals surface area contributed by atoms with Gasteiger partial charge in [0.2, 0.25) is 0 Å². The largest absolute Gasteiger partial charge is 0.351 e. The molecule has 1 atom stereocenters. The Balaban J connectivity index is 1.73. The fourth-order valence-corrected chi connectivity index (χ4v) is 4.04. The summed E-state index contributed by atoms with van der Waals surface area (Å²) in [5.41, 5.74) is 3.09. The van der Waals surface area contributed by atoms with Crippen molar-refractivity contribution in [2.75, 3.05) is 24.5 Å². The number of anilines is 1. The van der Waals surface area contributed by atoms with Gasteiger partial charge >= 0.3 is 0 Å². The monoisotopic (exact) mass is 422 g/mol. The highest BCUT2D eigenvalue weighted by atomic mass is 35.5. The number of nitrogens with zero attached hydrogens (tertiary/aromatic N) is 5. The Kier molecular flexibility index (Phi) is 4.84. The van der Waals surface area contributed by atoms with Gasteiger partial charge in [-0.2, -0.15) is 0 Å². The molecule has 1 aliphatic rings. The predicted octanol–water partition coefficient (Wildman–Crippen LogP) is 4.07. The molecule has 1 fully saturated rings. The first kappa shape index (κ1) is 19.0. The van der Waals surface area contributed by atoms with Crippen LogP contribution in [-0.4, -0.2) is 45.2 Å². The molecule has 0 saturated carbocycles. The lowest BCUT2D eigenvalue weighted by molar-refractivity contribution is 0.497. The van der Waals surface area contributed by atoms with Crippen LogP contribution >= 0.6 is 11.6 Å². The van der Waals surface area contributed by atoms with Gasteiger partial charge in [0.1, 0.15) is 23.0 Å². The van der Waals surface area contributed by atoms with Crippen molar-refractivity contribution < 1.29 is 4.39 Å². The molecule has 152 valence electrons. The second-order valence-corrected chi connectivity index (χ2v) is 7.77. The minimum atomic E-state index is -0.458. The molecule has 0 bridgehead atoms. The molecule has 4 heterocycles. The van der Waals surface area contributed by atoms with Crippen molar-refractivity contribution in [3.05, 3.63) is 65.7 Å². The maximum absolute atomic E-state index is 13.7. The van der Waals surface area contributed by atoms with Crippen molar-refractivity contribution in [1.29, 1.82) is 0 Å². The number of hydrogen-bond donors (Lipinski definition) is 1. The first-order valence-electron chi connectivity index (χ1n) is 9.84. The van der Waals surface area contributed by atoms with Crippen LogP contribution in [0.2, 0.25) is 5.02 Å². The van der Waals surface area contributed by atoms with E-state index in [0.29, 0.717) is 17.4 Å². The van der Waals surface area contributed by atoms with Crippen LogP contribution in [-0.2, 0) is 0 Å². The zero-order valence-corrected chi connectivity index (χ0v) is 17.1. The number of piperazine rings is 1. The van der Waals surface area contributed by atoms with Crippen LogP contribution in [0.25, 0.3) is 28.2 Å². The summed E-state index contributed by atoms with van der Waals surface area (Å²) in [7, 11) is 0. The van der Waals surface area contributed by atoms with E-state index >= 15 is 0 Å². The summed E-state index contributed by atoms with van der Waals surface area (Å²) in [6, 6.07) is 12.8. The SMILES string of the molecule is C[C@@H]1CNCCN1c1ccc2nc(-c3ccc(F)c(Cl)c3)n(-c3ccncc3)c2n1. The van der Waals surface area contributed by atoms with Crippen LogP contribution in [0.3, 0.4) is 0 Å². The van der Waals surface area contributed by atoms with E-state index in [2.05, 4.69) is 22.1 Å². The summed E-state index contributed by atoms with van der Waals surface area (Å²) in [6.07, 6.45) is 3.45. The fourth-order valence-electron chi connectivity index (χ4n) is 3.86. The van der Waals surface area contributed by atoms with Crippen LogP contribution in [0.4, 0.5) is 10.2 Å². The molecule has 0 spiro atoms. The molecule has 1 aromatic carbocycles. The second-order valence-electron chi connectivity index (χ2n) is 7.36. The highest BCUT2D eigenvalue weighted by molar-refractivity contribution is 6.31. The van der Waals surface area contributed by atoms with Gasteiger partial charge in [-0.25, -0.2) is 14.4 Å². The molecule has 1 aliphatic heterocycles. The third kappa shape index (κ3) is 3.30. The summed E-state index contributed by atoms with van der Waals surface area (Å²) < 4.78 is 15.7. The van der Waals surface area contributed by atoms with Gasteiger partial charge in [0, 0.05) is 43.6 Å². The molecule has 0 amide bonds. The minimum absolute atomic E-state index is 0.0594. The summed E-state index contributed by atoms with van der Waals surface area (Å²) in [5, 5.41) is 3.47. The van der Waals surface area contributed by atoms with Crippen LogP contribution in [0.5, 0.6) is 0 Å². The van der Waals surface area contributed by atoms with Crippen LogP contribution in [0, 0.1) is 5.82 Å². The summed E-state index contributed by atoms with van der Waals surface area (Å²) >= 11 is 6.05. The Labute approximate surface area is 178 Å². The fraction of sp³-hybridized carbons (Fsp3) is 0.227. The lowest BCUT2D eigenvalue weighted by Crippen LogP contribution is -2.50. The third-order valence-electron chi connectivity index (χ3n) is 5.38. The first-order chi connectivity index (χ1) is 14.6. The topological polar surface area (TPSA) is 58.9 Å². The number of pyridine rings is 2. The second kappa shape index (κ2) is 7.66. The normalized spacial score (nSPS) is 16.9. The third-order valence-corrected chi connectivity index (χ3v) is 5.67. The van der Waals surface area contributed by atoms with Gasteiger partial charge in [0.15, 0.2) is 5.65 Å². The van der Waals surface area contributed by atoms with Crippen molar-refractivity contribution in [2.24, 2.45) is 0 Å². The molecule has 0 aliphatic carbocycles. The lowest BCUT2D eigenvalue weighted by Gasteiger charge is -2.34. The number of hydrogen-bond acceptors (Lipinski definition) is 5. The minimum Gasteiger partial charge on any atom is -0.351 e. The first-order valence-corrected chi connectivity index (χ1v) is 10.2. The van der Waals surface area contributed by atoms with Crippen LogP contribution < -0.4 is 10.2 Å². The molecule has 8 heteroatoms. The van der Waals surface area contributed by atoms with Gasteiger partial charge < -0.3 is 10.2 Å². The zero-order valence-electron chi connectivity index (χ0n) is 16.4. The molecule has 30 heavy (non-hydrogen) atoms. The van der Waals surface area contributed by atoms with E-state index in [1.807, 2.05) is 28.8 Å². The molecular formula is C22H20ClFN6. The van der Waals surface area contributed by atoms with E-state index in [-0.39, 0.29) is 5.02 Å². The number of halogens is 2. The molecule has 5 rings (SSSR count). The quantitative estimate of drug-likeness (QED) is 0.539. The van der Waals surface area contributed by atoms with E-state index in [1.165, 1.54) is 6.07 Å². The van der Waals surface area contributed by atoms with Crippen molar-refractivity contribution >= 4 is 28.6 Å². The van der Waals surface area contributed by atoms with E-state index in [9.17, 15) is 4.39 Å². The maximum atomic E-state index is 13.7. The Morgan fingerprint density at radius 1 is 1.10 bits per heavy atom. The number of nitrogens with one attached hydrogen (secondary N) is 1. The molecule has 1 saturated heterocycles. The molecular weight excluding hydrogens is 403 g/mol. The summed E-state index contributed by atoms with van der Waals surface area (Å²) in [4.78, 5) is 16.2. The van der Waals surface area contributed by atoms with Gasteiger partial charge in [-0.05, 0) is 49.4 Å². The average Bonchev–Trinajstić information content (AvgIpc) is 3.15. The highest BCUT2D eigenvalue weighted by Crippen LogP contribution is 2.31. The van der Waals surface area contributed by atoms with E-state index in [0.717, 1.165) is 42.3 Å². The van der Waals surface area contributed by atoms with Crippen molar-refractivity contribution in [3.8, 4) is 17.1 Å². The summed E-state index contributed by atoms with van der Waals surface area (Å²) in [6.45, 7) is 4.92. The Hall–Kier alpha value is -3.03. The van der Waals surface area contributed by atoms with E-state index < -0.39 is 5.82 Å². The van der Waals surface area contributed by atoms with Crippen molar-refractivity contribution in [1.82, 2.24) is 24.8 Å². The van der Waals surface area contributed by atoms with Gasteiger partial charge in [0.05, 0.1) is 10.7 Å². The van der Waals surface area contributed by atoms with Gasteiger partial charge in [0.25, 0.3) is 0 Å². The number of aromatic nitrogens is 4. The van der Waals surface area contributed by atoms with Crippen LogP contribution in [0.1, 0.15) is 6.92 Å². The average molecular weight is 423 g/mol. The molecule has 6 nitrogen and oxygen atoms in total. The number of benzene rings is 1. The maximum Gasteiger partial charge on any atom is 0.167 e. The Morgan fingerprint density at radius 2 is 1.93 bits per heavy atom.